The van der Waals surface area contributed by atoms with Crippen molar-refractivity contribution < 1.29 is 4.74 Å². The van der Waals surface area contributed by atoms with Crippen molar-refractivity contribution >= 4 is 11.3 Å². The number of nitrogens with zero attached hydrogens (tertiary/aromatic N) is 2. The van der Waals surface area contributed by atoms with Crippen LogP contribution in [0, 0.1) is 11.3 Å². The Morgan fingerprint density at radius 2 is 2.40 bits per heavy atom. The Hall–Kier alpha value is -0.960. The zero-order chi connectivity index (χ0) is 11.5. The van der Waals surface area contributed by atoms with Crippen LogP contribution in [0.5, 0.6) is 0 Å². The lowest BCUT2D eigenvalue weighted by atomic mass is 9.97. The van der Waals surface area contributed by atoms with Crippen LogP contribution in [0.15, 0.2) is 5.38 Å². The largest absolute Gasteiger partial charge is 0.383 e. The van der Waals surface area contributed by atoms with Crippen LogP contribution in [-0.2, 0) is 10.2 Å². The number of rotatable bonds is 4. The Bertz CT molecular complexity index is 367. The molecule has 1 aromatic heterocycles. The molecule has 2 N–H and O–H groups in total. The number of methoxy groups -OCH3 is 1. The van der Waals surface area contributed by atoms with E-state index in [1.165, 1.54) is 11.3 Å². The minimum Gasteiger partial charge on any atom is -0.383 e. The van der Waals surface area contributed by atoms with E-state index in [1.807, 2.05) is 19.2 Å². The van der Waals surface area contributed by atoms with Crippen LogP contribution in [-0.4, -0.2) is 18.7 Å². The molecule has 1 heterocycles. The van der Waals surface area contributed by atoms with Gasteiger partial charge in [0.2, 0.25) is 0 Å². The van der Waals surface area contributed by atoms with Crippen LogP contribution in [0.1, 0.15) is 30.6 Å². The Kier molecular flexibility index (Phi) is 3.80. The number of hydrogen-bond donors (Lipinski definition) is 1. The predicted octanol–water partition coefficient (Wildman–Crippen LogP) is 1.59. The van der Waals surface area contributed by atoms with Gasteiger partial charge >= 0.3 is 0 Å². The Morgan fingerprint density at radius 3 is 2.93 bits per heavy atom. The Balaban J connectivity index is 2.86. The molecule has 0 bridgehead atoms. The van der Waals surface area contributed by atoms with Crippen LogP contribution < -0.4 is 5.73 Å². The first-order valence-electron chi connectivity index (χ1n) is 4.63. The highest BCUT2D eigenvalue weighted by molar-refractivity contribution is 7.09. The lowest BCUT2D eigenvalue weighted by molar-refractivity contribution is 0.179. The molecule has 1 unspecified atom stereocenters. The molecule has 0 spiro atoms. The van der Waals surface area contributed by atoms with E-state index >= 15 is 0 Å². The highest BCUT2D eigenvalue weighted by atomic mass is 32.1. The molecule has 1 aromatic rings. The molecule has 0 saturated carbocycles. The maximum atomic E-state index is 8.96. The van der Waals surface area contributed by atoms with E-state index in [0.717, 1.165) is 10.7 Å². The molecule has 15 heavy (non-hydrogen) atoms. The van der Waals surface area contributed by atoms with E-state index < -0.39 is 5.41 Å². The van der Waals surface area contributed by atoms with Gasteiger partial charge in [0, 0.05) is 12.5 Å². The first-order valence-corrected chi connectivity index (χ1v) is 5.51. The summed E-state index contributed by atoms with van der Waals surface area (Å²) in [6.07, 6.45) is 0. The number of nitrogens with two attached hydrogens (primary N) is 1. The normalized spacial score (nSPS) is 13.5. The van der Waals surface area contributed by atoms with Crippen LogP contribution >= 0.6 is 11.3 Å². The summed E-state index contributed by atoms with van der Waals surface area (Å²) < 4.78 is 4.95. The highest BCUT2D eigenvalue weighted by Crippen LogP contribution is 2.27. The standard InChI is InChI=1S/C10H15N3OS/c1-10(2,6-11)9-13-8(5-15-9)7(12)4-14-3/h5,7H,4,12H2,1-3H3. The van der Waals surface area contributed by atoms with Gasteiger partial charge in [-0.1, -0.05) is 0 Å². The average Bonchev–Trinajstić information content (AvgIpc) is 2.67. The van der Waals surface area contributed by atoms with E-state index in [2.05, 4.69) is 11.1 Å². The van der Waals surface area contributed by atoms with Crippen molar-refractivity contribution in [2.45, 2.75) is 25.3 Å². The molecule has 0 aliphatic heterocycles. The topological polar surface area (TPSA) is 71.9 Å². The molecule has 1 atom stereocenters. The summed E-state index contributed by atoms with van der Waals surface area (Å²) in [7, 11) is 1.60. The molecule has 5 heteroatoms. The molecule has 0 saturated heterocycles. The second kappa shape index (κ2) is 4.71. The second-order valence-corrected chi connectivity index (χ2v) is 4.73. The fraction of sp³-hybridized carbons (Fsp3) is 0.600. The molecule has 0 aliphatic rings. The zero-order valence-corrected chi connectivity index (χ0v) is 9.97. The van der Waals surface area contributed by atoms with Gasteiger partial charge in [-0.2, -0.15) is 5.26 Å². The minimum absolute atomic E-state index is 0.213. The smallest absolute Gasteiger partial charge is 0.113 e. The molecular weight excluding hydrogens is 210 g/mol. The molecule has 0 aromatic carbocycles. The van der Waals surface area contributed by atoms with Crippen molar-refractivity contribution in [1.82, 2.24) is 4.98 Å². The number of hydrogen-bond acceptors (Lipinski definition) is 5. The van der Waals surface area contributed by atoms with Crippen molar-refractivity contribution in [3.05, 3.63) is 16.1 Å². The van der Waals surface area contributed by atoms with Crippen LogP contribution in [0.3, 0.4) is 0 Å². The van der Waals surface area contributed by atoms with Gasteiger partial charge in [0.25, 0.3) is 0 Å². The van der Waals surface area contributed by atoms with Crippen molar-refractivity contribution in [1.29, 1.82) is 5.26 Å². The summed E-state index contributed by atoms with van der Waals surface area (Å²) in [6.45, 7) is 4.13. The van der Waals surface area contributed by atoms with Crippen molar-refractivity contribution in [3.63, 3.8) is 0 Å². The highest BCUT2D eigenvalue weighted by Gasteiger charge is 2.24. The summed E-state index contributed by atoms with van der Waals surface area (Å²) in [6, 6.07) is 2.00. The van der Waals surface area contributed by atoms with E-state index in [0.29, 0.717) is 6.61 Å². The molecule has 0 amide bonds. The van der Waals surface area contributed by atoms with Gasteiger partial charge in [-0.15, -0.1) is 11.3 Å². The third kappa shape index (κ3) is 2.75. The molecular formula is C10H15N3OS. The van der Waals surface area contributed by atoms with Crippen molar-refractivity contribution in [2.24, 2.45) is 5.73 Å². The quantitative estimate of drug-likeness (QED) is 0.844. The maximum Gasteiger partial charge on any atom is 0.113 e. The van der Waals surface area contributed by atoms with Crippen molar-refractivity contribution in [3.8, 4) is 6.07 Å². The third-order valence-electron chi connectivity index (χ3n) is 2.06. The van der Waals surface area contributed by atoms with E-state index in [9.17, 15) is 0 Å². The SMILES string of the molecule is COCC(N)c1csc(C(C)(C)C#N)n1. The van der Waals surface area contributed by atoms with Gasteiger partial charge in [-0.25, -0.2) is 4.98 Å². The van der Waals surface area contributed by atoms with E-state index in [-0.39, 0.29) is 6.04 Å². The number of nitriles is 1. The summed E-state index contributed by atoms with van der Waals surface area (Å²) in [4.78, 5) is 4.36. The number of aromatic nitrogens is 1. The zero-order valence-electron chi connectivity index (χ0n) is 9.15. The van der Waals surface area contributed by atoms with Crippen molar-refractivity contribution in [2.75, 3.05) is 13.7 Å². The number of ether oxygens (including phenoxy) is 1. The fourth-order valence-electron chi connectivity index (χ4n) is 1.06. The predicted molar refractivity (Wildman–Crippen MR) is 59.6 cm³/mol. The van der Waals surface area contributed by atoms with Crippen LogP contribution in [0.25, 0.3) is 0 Å². The van der Waals surface area contributed by atoms with Gasteiger partial charge in [0.1, 0.15) is 10.4 Å². The third-order valence-corrected chi connectivity index (χ3v) is 3.25. The Labute approximate surface area is 93.7 Å². The Morgan fingerprint density at radius 1 is 1.73 bits per heavy atom. The summed E-state index contributed by atoms with van der Waals surface area (Å²) >= 11 is 1.47. The molecule has 0 aliphatic carbocycles. The molecule has 82 valence electrons. The summed E-state index contributed by atoms with van der Waals surface area (Å²) in [5.41, 5.74) is 6.09. The van der Waals surface area contributed by atoms with E-state index in [4.69, 9.17) is 15.7 Å². The lowest BCUT2D eigenvalue weighted by Crippen LogP contribution is -2.18. The minimum atomic E-state index is -0.546. The van der Waals surface area contributed by atoms with Gasteiger partial charge in [-0.05, 0) is 13.8 Å². The lowest BCUT2D eigenvalue weighted by Gasteiger charge is -2.11. The molecule has 0 fully saturated rings. The van der Waals surface area contributed by atoms with Gasteiger partial charge in [-0.3, -0.25) is 0 Å². The first-order chi connectivity index (χ1) is 7.01. The van der Waals surface area contributed by atoms with Crippen LogP contribution in [0.2, 0.25) is 0 Å². The maximum absolute atomic E-state index is 8.96. The molecule has 1 rings (SSSR count). The first kappa shape index (κ1) is 12.1. The van der Waals surface area contributed by atoms with E-state index in [1.54, 1.807) is 7.11 Å². The summed E-state index contributed by atoms with van der Waals surface area (Å²) in [5.74, 6) is 0. The molecule has 4 nitrogen and oxygen atoms in total. The fourth-order valence-corrected chi connectivity index (χ4v) is 2.01. The van der Waals surface area contributed by atoms with Crippen LogP contribution in [0.4, 0.5) is 0 Å². The van der Waals surface area contributed by atoms with Gasteiger partial charge in [0.15, 0.2) is 0 Å². The molecule has 0 radical (unpaired) electrons. The summed E-state index contributed by atoms with van der Waals surface area (Å²) in [5, 5.41) is 11.6. The van der Waals surface area contributed by atoms with Gasteiger partial charge < -0.3 is 10.5 Å². The number of thiazole rings is 1. The average molecular weight is 225 g/mol. The monoisotopic (exact) mass is 225 g/mol. The second-order valence-electron chi connectivity index (χ2n) is 3.88. The van der Waals surface area contributed by atoms with Gasteiger partial charge in [0.05, 0.1) is 24.4 Å².